The van der Waals surface area contributed by atoms with Gasteiger partial charge < -0.3 is 10.6 Å². The van der Waals surface area contributed by atoms with Crippen LogP contribution < -0.4 is 10.6 Å². The monoisotopic (exact) mass is 239 g/mol. The number of thiazole rings is 1. The van der Waals surface area contributed by atoms with Gasteiger partial charge in [-0.25, -0.2) is 4.98 Å². The molecule has 2 N–H and O–H groups in total. The molecule has 1 aromatic rings. The molecule has 3 nitrogen and oxygen atoms in total. The lowest BCUT2D eigenvalue weighted by atomic mass is 9.80. The van der Waals surface area contributed by atoms with E-state index in [1.165, 1.54) is 11.4 Å². The third-order valence-corrected chi connectivity index (χ3v) is 4.44. The molecule has 2 heterocycles. The standard InChI is InChI=1S/C12H21N3S/c1-3-5-15-12(11-14-7-8-16-11)4-6-13-9-10(12)2/h7-8,10,13,15H,3-6,9H2,1-2H3. The second-order valence-electron chi connectivity index (χ2n) is 4.59. The Morgan fingerprint density at radius 2 is 2.56 bits per heavy atom. The largest absolute Gasteiger partial charge is 0.316 e. The summed E-state index contributed by atoms with van der Waals surface area (Å²) >= 11 is 1.78. The molecule has 2 unspecified atom stereocenters. The molecule has 1 fully saturated rings. The van der Waals surface area contributed by atoms with Crippen LogP contribution >= 0.6 is 11.3 Å². The first kappa shape index (κ1) is 12.0. The molecule has 1 saturated heterocycles. The summed E-state index contributed by atoms with van der Waals surface area (Å²) in [6, 6.07) is 0. The zero-order chi connectivity index (χ0) is 11.4. The van der Waals surface area contributed by atoms with Crippen LogP contribution in [0.1, 0.15) is 31.7 Å². The highest BCUT2D eigenvalue weighted by Crippen LogP contribution is 2.36. The molecule has 16 heavy (non-hydrogen) atoms. The van der Waals surface area contributed by atoms with Crippen LogP contribution in [-0.4, -0.2) is 24.6 Å². The van der Waals surface area contributed by atoms with Crippen LogP contribution in [0.15, 0.2) is 11.6 Å². The molecule has 4 heteroatoms. The van der Waals surface area contributed by atoms with Gasteiger partial charge in [0, 0.05) is 11.6 Å². The highest BCUT2D eigenvalue weighted by Gasteiger charge is 2.41. The Balaban J connectivity index is 2.24. The lowest BCUT2D eigenvalue weighted by Crippen LogP contribution is -2.55. The molecule has 1 aliphatic rings. The highest BCUT2D eigenvalue weighted by molar-refractivity contribution is 7.09. The summed E-state index contributed by atoms with van der Waals surface area (Å²) in [6.07, 6.45) is 4.24. The molecule has 1 aromatic heterocycles. The summed E-state index contributed by atoms with van der Waals surface area (Å²) in [5.74, 6) is 0.596. The molecule has 0 radical (unpaired) electrons. The molecule has 0 aromatic carbocycles. The van der Waals surface area contributed by atoms with Crippen LogP contribution in [0.25, 0.3) is 0 Å². The van der Waals surface area contributed by atoms with Crippen molar-refractivity contribution in [3.8, 4) is 0 Å². The maximum atomic E-state index is 4.54. The molecule has 0 spiro atoms. The van der Waals surface area contributed by atoms with Gasteiger partial charge >= 0.3 is 0 Å². The topological polar surface area (TPSA) is 37.0 Å². The van der Waals surface area contributed by atoms with Crippen molar-refractivity contribution in [3.63, 3.8) is 0 Å². The lowest BCUT2D eigenvalue weighted by molar-refractivity contribution is 0.167. The Kier molecular flexibility index (Phi) is 3.95. The van der Waals surface area contributed by atoms with Crippen molar-refractivity contribution < 1.29 is 0 Å². The predicted molar refractivity (Wildman–Crippen MR) is 68.7 cm³/mol. The Morgan fingerprint density at radius 3 is 3.19 bits per heavy atom. The smallest absolute Gasteiger partial charge is 0.113 e. The van der Waals surface area contributed by atoms with E-state index >= 15 is 0 Å². The fourth-order valence-corrected chi connectivity index (χ4v) is 3.43. The van der Waals surface area contributed by atoms with Gasteiger partial charge in [0.25, 0.3) is 0 Å². The molecule has 0 amide bonds. The fourth-order valence-electron chi connectivity index (χ4n) is 2.47. The molecule has 2 rings (SSSR count). The number of nitrogens with zero attached hydrogens (tertiary/aromatic N) is 1. The van der Waals surface area contributed by atoms with Gasteiger partial charge in [0.15, 0.2) is 0 Å². The summed E-state index contributed by atoms with van der Waals surface area (Å²) in [5, 5.41) is 10.6. The molecule has 0 aliphatic carbocycles. The first-order chi connectivity index (χ1) is 7.79. The zero-order valence-corrected chi connectivity index (χ0v) is 10.9. The van der Waals surface area contributed by atoms with Crippen molar-refractivity contribution in [2.45, 2.75) is 32.2 Å². The number of hydrogen-bond donors (Lipinski definition) is 2. The van der Waals surface area contributed by atoms with Crippen molar-refractivity contribution in [2.24, 2.45) is 5.92 Å². The van der Waals surface area contributed by atoms with Crippen LogP contribution in [0.5, 0.6) is 0 Å². The van der Waals surface area contributed by atoms with Gasteiger partial charge in [-0.05, 0) is 38.4 Å². The molecule has 2 atom stereocenters. The van der Waals surface area contributed by atoms with Gasteiger partial charge in [0.1, 0.15) is 5.01 Å². The van der Waals surface area contributed by atoms with E-state index in [-0.39, 0.29) is 5.54 Å². The number of hydrogen-bond acceptors (Lipinski definition) is 4. The van der Waals surface area contributed by atoms with Gasteiger partial charge in [0.05, 0.1) is 5.54 Å². The Morgan fingerprint density at radius 1 is 1.69 bits per heavy atom. The van der Waals surface area contributed by atoms with Crippen molar-refractivity contribution >= 4 is 11.3 Å². The molecule has 0 bridgehead atoms. The number of nitrogens with one attached hydrogen (secondary N) is 2. The van der Waals surface area contributed by atoms with Crippen molar-refractivity contribution in [1.29, 1.82) is 0 Å². The quantitative estimate of drug-likeness (QED) is 0.843. The number of piperidine rings is 1. The van der Waals surface area contributed by atoms with Crippen LogP contribution in [0.4, 0.5) is 0 Å². The predicted octanol–water partition coefficient (Wildman–Crippen LogP) is 1.97. The average Bonchev–Trinajstić information content (AvgIpc) is 2.82. The summed E-state index contributed by atoms with van der Waals surface area (Å²) < 4.78 is 0. The third-order valence-electron chi connectivity index (χ3n) is 3.49. The van der Waals surface area contributed by atoms with Crippen LogP contribution in [-0.2, 0) is 5.54 Å². The van der Waals surface area contributed by atoms with Crippen LogP contribution in [0, 0.1) is 5.92 Å². The molecular formula is C12H21N3S. The second kappa shape index (κ2) is 5.25. The first-order valence-corrected chi connectivity index (χ1v) is 7.03. The zero-order valence-electron chi connectivity index (χ0n) is 10.1. The average molecular weight is 239 g/mol. The summed E-state index contributed by atoms with van der Waals surface area (Å²) in [6.45, 7) is 7.77. The third kappa shape index (κ3) is 2.14. The van der Waals surface area contributed by atoms with Crippen LogP contribution in [0.2, 0.25) is 0 Å². The van der Waals surface area contributed by atoms with E-state index < -0.39 is 0 Å². The maximum absolute atomic E-state index is 4.54. The minimum atomic E-state index is 0.107. The van der Waals surface area contributed by atoms with Gasteiger partial charge in [-0.15, -0.1) is 11.3 Å². The molecule has 90 valence electrons. The van der Waals surface area contributed by atoms with E-state index in [0.29, 0.717) is 5.92 Å². The minimum Gasteiger partial charge on any atom is -0.316 e. The summed E-state index contributed by atoms with van der Waals surface area (Å²) in [4.78, 5) is 4.54. The Hall–Kier alpha value is -0.450. The SMILES string of the molecule is CCCNC1(c2nccs2)CCNCC1C. The van der Waals surface area contributed by atoms with Gasteiger partial charge in [-0.3, -0.25) is 0 Å². The van der Waals surface area contributed by atoms with Crippen molar-refractivity contribution in [2.75, 3.05) is 19.6 Å². The Bertz CT molecular complexity index is 312. The lowest BCUT2D eigenvalue weighted by Gasteiger charge is -2.42. The Labute approximate surface area is 102 Å². The first-order valence-electron chi connectivity index (χ1n) is 6.15. The normalized spacial score (nSPS) is 30.5. The molecular weight excluding hydrogens is 218 g/mol. The highest BCUT2D eigenvalue weighted by atomic mass is 32.1. The van der Waals surface area contributed by atoms with E-state index in [9.17, 15) is 0 Å². The van der Waals surface area contributed by atoms with Crippen LogP contribution in [0.3, 0.4) is 0 Å². The number of rotatable bonds is 4. The second-order valence-corrected chi connectivity index (χ2v) is 5.49. The van der Waals surface area contributed by atoms with Gasteiger partial charge in [-0.1, -0.05) is 13.8 Å². The fraction of sp³-hybridized carbons (Fsp3) is 0.750. The molecule has 0 saturated carbocycles. The summed E-state index contributed by atoms with van der Waals surface area (Å²) in [5.41, 5.74) is 0.107. The summed E-state index contributed by atoms with van der Waals surface area (Å²) in [7, 11) is 0. The number of aromatic nitrogens is 1. The van der Waals surface area contributed by atoms with Gasteiger partial charge in [-0.2, -0.15) is 0 Å². The minimum absolute atomic E-state index is 0.107. The van der Waals surface area contributed by atoms with Crippen molar-refractivity contribution in [1.82, 2.24) is 15.6 Å². The van der Waals surface area contributed by atoms with E-state index in [0.717, 1.165) is 26.1 Å². The van der Waals surface area contributed by atoms with E-state index in [1.54, 1.807) is 11.3 Å². The molecule has 1 aliphatic heterocycles. The van der Waals surface area contributed by atoms with Crippen molar-refractivity contribution in [3.05, 3.63) is 16.6 Å². The van der Waals surface area contributed by atoms with E-state index in [1.807, 2.05) is 6.20 Å². The maximum Gasteiger partial charge on any atom is 0.113 e. The van der Waals surface area contributed by atoms with E-state index in [4.69, 9.17) is 0 Å². The van der Waals surface area contributed by atoms with E-state index in [2.05, 4.69) is 34.8 Å². The van der Waals surface area contributed by atoms with Gasteiger partial charge in [0.2, 0.25) is 0 Å².